The van der Waals surface area contributed by atoms with Crippen LogP contribution in [0.2, 0.25) is 0 Å². The maximum atomic E-state index is 12.0. The van der Waals surface area contributed by atoms with Crippen LogP contribution in [0.4, 0.5) is 0 Å². The molecular formula is C15H14O2. The molecule has 0 radical (unpaired) electrons. The Hall–Kier alpha value is -1.83. The largest absolute Gasteiger partial charge is 0.461 e. The zero-order valence-corrected chi connectivity index (χ0v) is 9.99. The Morgan fingerprint density at radius 3 is 2.65 bits per heavy atom. The molecule has 0 N–H and O–H groups in total. The van der Waals surface area contributed by atoms with Crippen molar-refractivity contribution >= 4 is 5.78 Å². The lowest BCUT2D eigenvalue weighted by Crippen LogP contribution is -2.02. The van der Waals surface area contributed by atoms with E-state index in [-0.39, 0.29) is 11.7 Å². The topological polar surface area (TPSA) is 30.2 Å². The standard InChI is InChI=1S/C15H14O2/c1-9-8-13-11(14-7-6-10(2)17-14)4-3-5-12(13)15(9)16/h3-7,9H,8H2,1-2H3. The second kappa shape index (κ2) is 3.59. The van der Waals surface area contributed by atoms with Crippen LogP contribution in [-0.4, -0.2) is 5.78 Å². The molecule has 2 nitrogen and oxygen atoms in total. The molecule has 0 saturated heterocycles. The molecule has 1 heterocycles. The van der Waals surface area contributed by atoms with Gasteiger partial charge in [0.1, 0.15) is 11.5 Å². The fourth-order valence-electron chi connectivity index (χ4n) is 2.51. The van der Waals surface area contributed by atoms with Crippen molar-refractivity contribution in [1.82, 2.24) is 0 Å². The third-order valence-electron chi connectivity index (χ3n) is 3.41. The van der Waals surface area contributed by atoms with Crippen LogP contribution in [0, 0.1) is 12.8 Å². The molecule has 1 aromatic heterocycles. The zero-order valence-electron chi connectivity index (χ0n) is 9.99. The summed E-state index contributed by atoms with van der Waals surface area (Å²) in [5.74, 6) is 2.11. The Morgan fingerprint density at radius 2 is 1.94 bits per heavy atom. The van der Waals surface area contributed by atoms with Gasteiger partial charge in [-0.05, 0) is 31.0 Å². The number of Topliss-reactive ketones (excluding diaryl/α,β-unsaturated/α-hetero) is 1. The lowest BCUT2D eigenvalue weighted by Gasteiger charge is -2.04. The van der Waals surface area contributed by atoms with Crippen molar-refractivity contribution in [2.75, 3.05) is 0 Å². The SMILES string of the molecule is Cc1ccc(-c2cccc3c2CC(C)C3=O)o1. The summed E-state index contributed by atoms with van der Waals surface area (Å²) in [7, 11) is 0. The summed E-state index contributed by atoms with van der Waals surface area (Å²) in [6, 6.07) is 9.80. The minimum atomic E-state index is 0.0993. The maximum absolute atomic E-state index is 12.0. The first-order valence-corrected chi connectivity index (χ1v) is 5.89. The summed E-state index contributed by atoms with van der Waals surface area (Å²) < 4.78 is 5.65. The van der Waals surface area contributed by atoms with Crippen LogP contribution in [0.15, 0.2) is 34.7 Å². The third kappa shape index (κ3) is 1.52. The number of benzene rings is 1. The minimum absolute atomic E-state index is 0.0993. The monoisotopic (exact) mass is 226 g/mol. The van der Waals surface area contributed by atoms with Gasteiger partial charge in [-0.1, -0.05) is 25.1 Å². The van der Waals surface area contributed by atoms with Gasteiger partial charge in [0.05, 0.1) is 0 Å². The van der Waals surface area contributed by atoms with E-state index in [4.69, 9.17) is 4.42 Å². The van der Waals surface area contributed by atoms with Crippen molar-refractivity contribution in [1.29, 1.82) is 0 Å². The molecule has 3 rings (SSSR count). The van der Waals surface area contributed by atoms with Crippen LogP contribution in [0.1, 0.15) is 28.6 Å². The Balaban J connectivity index is 2.18. The quantitative estimate of drug-likeness (QED) is 0.743. The molecule has 0 saturated carbocycles. The van der Waals surface area contributed by atoms with Crippen molar-refractivity contribution in [2.45, 2.75) is 20.3 Å². The molecule has 17 heavy (non-hydrogen) atoms. The summed E-state index contributed by atoms with van der Waals surface area (Å²) in [5.41, 5.74) is 3.07. The zero-order chi connectivity index (χ0) is 12.0. The van der Waals surface area contributed by atoms with E-state index in [1.807, 2.05) is 44.2 Å². The predicted molar refractivity (Wildman–Crippen MR) is 66.1 cm³/mol. The number of carbonyl (C=O) groups is 1. The van der Waals surface area contributed by atoms with E-state index >= 15 is 0 Å². The van der Waals surface area contributed by atoms with Crippen LogP contribution in [0.3, 0.4) is 0 Å². The maximum Gasteiger partial charge on any atom is 0.166 e. The molecule has 0 spiro atoms. The van der Waals surface area contributed by atoms with Crippen LogP contribution in [0.5, 0.6) is 0 Å². The van der Waals surface area contributed by atoms with E-state index in [1.165, 1.54) is 0 Å². The smallest absolute Gasteiger partial charge is 0.166 e. The van der Waals surface area contributed by atoms with Gasteiger partial charge in [0.15, 0.2) is 5.78 Å². The molecule has 0 fully saturated rings. The van der Waals surface area contributed by atoms with Crippen molar-refractivity contribution < 1.29 is 9.21 Å². The predicted octanol–water partition coefficient (Wildman–Crippen LogP) is 3.63. The Kier molecular flexibility index (Phi) is 2.18. The van der Waals surface area contributed by atoms with E-state index in [0.29, 0.717) is 0 Å². The Labute approximate surface area is 100 Å². The molecule has 1 aliphatic rings. The Bertz CT molecular complexity index is 593. The highest BCUT2D eigenvalue weighted by molar-refractivity contribution is 6.03. The number of ketones is 1. The van der Waals surface area contributed by atoms with E-state index in [1.54, 1.807) is 0 Å². The number of hydrogen-bond acceptors (Lipinski definition) is 2. The number of carbonyl (C=O) groups excluding carboxylic acids is 1. The average molecular weight is 226 g/mol. The lowest BCUT2D eigenvalue weighted by molar-refractivity contribution is 0.0946. The van der Waals surface area contributed by atoms with Crippen LogP contribution in [-0.2, 0) is 6.42 Å². The highest BCUT2D eigenvalue weighted by Crippen LogP contribution is 2.35. The fraction of sp³-hybridized carbons (Fsp3) is 0.267. The minimum Gasteiger partial charge on any atom is -0.461 e. The first-order chi connectivity index (χ1) is 8.16. The van der Waals surface area contributed by atoms with Crippen molar-refractivity contribution in [3.05, 3.63) is 47.2 Å². The average Bonchev–Trinajstić information content (AvgIpc) is 2.85. The van der Waals surface area contributed by atoms with Crippen LogP contribution < -0.4 is 0 Å². The van der Waals surface area contributed by atoms with Gasteiger partial charge in [-0.15, -0.1) is 0 Å². The molecule has 1 aromatic carbocycles. The van der Waals surface area contributed by atoms with Crippen LogP contribution >= 0.6 is 0 Å². The van der Waals surface area contributed by atoms with Gasteiger partial charge in [0, 0.05) is 17.0 Å². The molecule has 1 unspecified atom stereocenters. The highest BCUT2D eigenvalue weighted by atomic mass is 16.3. The number of aryl methyl sites for hydroxylation is 1. The molecule has 2 aromatic rings. The van der Waals surface area contributed by atoms with Gasteiger partial charge < -0.3 is 4.42 Å². The summed E-state index contributed by atoms with van der Waals surface area (Å²) in [4.78, 5) is 12.0. The molecular weight excluding hydrogens is 212 g/mol. The second-order valence-corrected chi connectivity index (χ2v) is 4.71. The van der Waals surface area contributed by atoms with E-state index in [9.17, 15) is 4.79 Å². The molecule has 0 amide bonds. The second-order valence-electron chi connectivity index (χ2n) is 4.71. The first-order valence-electron chi connectivity index (χ1n) is 5.89. The normalized spacial score (nSPS) is 18.5. The fourth-order valence-corrected chi connectivity index (χ4v) is 2.51. The summed E-state index contributed by atoms with van der Waals surface area (Å²) >= 11 is 0. The summed E-state index contributed by atoms with van der Waals surface area (Å²) in [6.07, 6.45) is 0.823. The van der Waals surface area contributed by atoms with Crippen molar-refractivity contribution in [3.63, 3.8) is 0 Å². The summed E-state index contributed by atoms with van der Waals surface area (Å²) in [6.45, 7) is 3.92. The summed E-state index contributed by atoms with van der Waals surface area (Å²) in [5, 5.41) is 0. The van der Waals surface area contributed by atoms with E-state index in [0.717, 1.165) is 34.6 Å². The van der Waals surface area contributed by atoms with Gasteiger partial charge in [-0.25, -0.2) is 0 Å². The first kappa shape index (κ1) is 10.3. The molecule has 2 heteroatoms. The number of furan rings is 1. The van der Waals surface area contributed by atoms with Gasteiger partial charge in [-0.2, -0.15) is 0 Å². The van der Waals surface area contributed by atoms with Gasteiger partial charge >= 0.3 is 0 Å². The molecule has 1 atom stereocenters. The van der Waals surface area contributed by atoms with Crippen molar-refractivity contribution in [3.8, 4) is 11.3 Å². The lowest BCUT2D eigenvalue weighted by atomic mass is 10.0. The van der Waals surface area contributed by atoms with E-state index < -0.39 is 0 Å². The van der Waals surface area contributed by atoms with Crippen molar-refractivity contribution in [2.24, 2.45) is 5.92 Å². The van der Waals surface area contributed by atoms with Gasteiger partial charge in [0.25, 0.3) is 0 Å². The third-order valence-corrected chi connectivity index (χ3v) is 3.41. The molecule has 86 valence electrons. The number of fused-ring (bicyclic) bond motifs is 1. The molecule has 0 bridgehead atoms. The molecule has 1 aliphatic carbocycles. The Morgan fingerprint density at radius 1 is 1.18 bits per heavy atom. The number of hydrogen-bond donors (Lipinski definition) is 0. The number of rotatable bonds is 1. The van der Waals surface area contributed by atoms with E-state index in [2.05, 4.69) is 0 Å². The molecule has 0 aliphatic heterocycles. The van der Waals surface area contributed by atoms with Gasteiger partial charge in [0.2, 0.25) is 0 Å². The highest BCUT2D eigenvalue weighted by Gasteiger charge is 2.29. The van der Waals surface area contributed by atoms with Gasteiger partial charge in [-0.3, -0.25) is 4.79 Å². The van der Waals surface area contributed by atoms with Crippen LogP contribution in [0.25, 0.3) is 11.3 Å².